The Morgan fingerprint density at radius 2 is 1.54 bits per heavy atom. The number of nitrogens with zero attached hydrogens (tertiary/aromatic N) is 2. The summed E-state index contributed by atoms with van der Waals surface area (Å²) in [5.41, 5.74) is 4.17. The summed E-state index contributed by atoms with van der Waals surface area (Å²) in [4.78, 5) is 30.3. The van der Waals surface area contributed by atoms with Crippen LogP contribution in [0.3, 0.4) is 0 Å². The van der Waals surface area contributed by atoms with Crippen LogP contribution in [0.15, 0.2) is 72.8 Å². The van der Waals surface area contributed by atoms with E-state index in [0.717, 1.165) is 55.3 Å². The summed E-state index contributed by atoms with van der Waals surface area (Å²) in [6, 6.07) is 23.4. The molecule has 7 heteroatoms. The van der Waals surface area contributed by atoms with E-state index in [0.29, 0.717) is 17.7 Å². The summed E-state index contributed by atoms with van der Waals surface area (Å²) in [7, 11) is 1.69. The van der Waals surface area contributed by atoms with Crippen LogP contribution in [0.5, 0.6) is 5.75 Å². The zero-order chi connectivity index (χ0) is 26.2. The highest BCUT2D eigenvalue weighted by Gasteiger charge is 2.24. The van der Waals surface area contributed by atoms with Gasteiger partial charge in [0.25, 0.3) is 5.91 Å². The molecular weight excluding hydrogens is 464 g/mol. The number of hydrogen-bond acceptors (Lipinski definition) is 5. The van der Waals surface area contributed by atoms with Gasteiger partial charge < -0.3 is 25.2 Å². The number of amides is 2. The maximum absolute atomic E-state index is 13.5. The molecule has 1 atom stereocenters. The lowest BCUT2D eigenvalue weighted by Gasteiger charge is -2.38. The number of nitrogens with one attached hydrogen (secondary N) is 2. The van der Waals surface area contributed by atoms with Crippen LogP contribution in [0.25, 0.3) is 0 Å². The van der Waals surface area contributed by atoms with Gasteiger partial charge in [-0.2, -0.15) is 0 Å². The first-order valence-corrected chi connectivity index (χ1v) is 12.9. The Kier molecular flexibility index (Phi) is 8.67. The van der Waals surface area contributed by atoms with Crippen molar-refractivity contribution in [3.8, 4) is 5.75 Å². The van der Waals surface area contributed by atoms with Crippen LogP contribution >= 0.6 is 0 Å². The van der Waals surface area contributed by atoms with Crippen LogP contribution in [0.4, 0.5) is 17.1 Å². The third-order valence-electron chi connectivity index (χ3n) is 6.70. The van der Waals surface area contributed by atoms with Gasteiger partial charge in [-0.3, -0.25) is 9.59 Å². The summed E-state index contributed by atoms with van der Waals surface area (Å²) in [6.45, 7) is 7.07. The third kappa shape index (κ3) is 6.42. The minimum atomic E-state index is -0.162. The second-order valence-corrected chi connectivity index (χ2v) is 9.28. The molecular formula is C30H36N4O3. The number of hydrogen-bond donors (Lipinski definition) is 2. The topological polar surface area (TPSA) is 73.9 Å². The molecule has 7 nitrogen and oxygen atoms in total. The molecule has 1 fully saturated rings. The van der Waals surface area contributed by atoms with Crippen LogP contribution in [-0.4, -0.2) is 45.1 Å². The number of carbonyl (C=O) groups is 2. The molecule has 4 rings (SSSR count). The monoisotopic (exact) mass is 500 g/mol. The maximum Gasteiger partial charge on any atom is 0.253 e. The Balaban J connectivity index is 1.55. The van der Waals surface area contributed by atoms with Crippen LogP contribution in [-0.2, 0) is 4.79 Å². The number of methoxy groups -OCH3 is 1. The molecule has 0 spiro atoms. The van der Waals surface area contributed by atoms with Gasteiger partial charge >= 0.3 is 0 Å². The molecule has 1 aliphatic heterocycles. The highest BCUT2D eigenvalue weighted by Crippen LogP contribution is 2.31. The van der Waals surface area contributed by atoms with Crippen molar-refractivity contribution in [2.45, 2.75) is 32.7 Å². The van der Waals surface area contributed by atoms with E-state index in [1.165, 1.54) is 0 Å². The Morgan fingerprint density at radius 3 is 2.22 bits per heavy atom. The van der Waals surface area contributed by atoms with Gasteiger partial charge in [-0.1, -0.05) is 49.4 Å². The largest absolute Gasteiger partial charge is 0.495 e. The summed E-state index contributed by atoms with van der Waals surface area (Å²) in [5.74, 6) is 0.646. The standard InChI is InChI=1S/C30H36N4O3/c1-4-10-29(35)32-24-15-16-26(25(21-24)30(36)31-22(2)23-11-6-5-7-12-23)33-17-19-34(20-18-33)27-13-8-9-14-28(27)37-3/h5-9,11-16,21-22H,4,10,17-20H2,1-3H3,(H,31,36)(H,32,35). The fourth-order valence-corrected chi connectivity index (χ4v) is 4.70. The first-order chi connectivity index (χ1) is 18.0. The van der Waals surface area contributed by atoms with Crippen LogP contribution in [0.1, 0.15) is 48.7 Å². The molecule has 1 unspecified atom stereocenters. The Labute approximate surface area is 219 Å². The van der Waals surface area contributed by atoms with Gasteiger partial charge in [-0.15, -0.1) is 0 Å². The predicted molar refractivity (Wildman–Crippen MR) is 150 cm³/mol. The average Bonchev–Trinajstić information content (AvgIpc) is 2.93. The van der Waals surface area contributed by atoms with Gasteiger partial charge in [0.05, 0.1) is 24.4 Å². The molecule has 1 heterocycles. The number of rotatable bonds is 9. The van der Waals surface area contributed by atoms with Gasteiger partial charge in [0.15, 0.2) is 0 Å². The first-order valence-electron chi connectivity index (χ1n) is 12.9. The van der Waals surface area contributed by atoms with Gasteiger partial charge in [0, 0.05) is 44.0 Å². The highest BCUT2D eigenvalue weighted by molar-refractivity contribution is 6.02. The summed E-state index contributed by atoms with van der Waals surface area (Å²) in [5, 5.41) is 6.08. The maximum atomic E-state index is 13.5. The van der Waals surface area contributed by atoms with Crippen LogP contribution in [0, 0.1) is 0 Å². The average molecular weight is 501 g/mol. The zero-order valence-electron chi connectivity index (χ0n) is 21.9. The van der Waals surface area contributed by atoms with Crippen molar-refractivity contribution in [3.05, 3.63) is 83.9 Å². The molecule has 0 aromatic heterocycles. The van der Waals surface area contributed by atoms with E-state index in [-0.39, 0.29) is 17.9 Å². The van der Waals surface area contributed by atoms with E-state index in [2.05, 4.69) is 26.5 Å². The smallest absolute Gasteiger partial charge is 0.253 e. The molecule has 3 aromatic carbocycles. The quantitative estimate of drug-likeness (QED) is 0.420. The molecule has 0 saturated carbocycles. The van der Waals surface area contributed by atoms with Crippen molar-refractivity contribution in [1.82, 2.24) is 5.32 Å². The van der Waals surface area contributed by atoms with Crippen molar-refractivity contribution in [1.29, 1.82) is 0 Å². The fraction of sp³-hybridized carbons (Fsp3) is 0.333. The normalized spacial score (nSPS) is 14.1. The van der Waals surface area contributed by atoms with Gasteiger partial charge in [0.1, 0.15) is 5.75 Å². The molecule has 2 N–H and O–H groups in total. The van der Waals surface area contributed by atoms with E-state index in [1.54, 1.807) is 13.2 Å². The summed E-state index contributed by atoms with van der Waals surface area (Å²) < 4.78 is 5.55. The van der Waals surface area contributed by atoms with E-state index in [4.69, 9.17) is 4.74 Å². The number of ether oxygens (including phenoxy) is 1. The lowest BCUT2D eigenvalue weighted by molar-refractivity contribution is -0.116. The molecule has 0 bridgehead atoms. The lowest BCUT2D eigenvalue weighted by atomic mass is 10.1. The van der Waals surface area contributed by atoms with E-state index >= 15 is 0 Å². The Bertz CT molecular complexity index is 1210. The minimum Gasteiger partial charge on any atom is -0.495 e. The molecule has 2 amide bonds. The second kappa shape index (κ2) is 12.3. The first kappa shape index (κ1) is 26.1. The highest BCUT2D eigenvalue weighted by atomic mass is 16.5. The SMILES string of the molecule is CCCC(=O)Nc1ccc(N2CCN(c3ccccc3OC)CC2)c(C(=O)NC(C)c2ccccc2)c1. The van der Waals surface area contributed by atoms with Crippen LogP contribution < -0.4 is 25.2 Å². The fourth-order valence-electron chi connectivity index (χ4n) is 4.70. The van der Waals surface area contributed by atoms with Crippen molar-refractivity contribution in [3.63, 3.8) is 0 Å². The van der Waals surface area contributed by atoms with E-state index in [9.17, 15) is 9.59 Å². The summed E-state index contributed by atoms with van der Waals surface area (Å²) >= 11 is 0. The van der Waals surface area contributed by atoms with Crippen LogP contribution in [0.2, 0.25) is 0 Å². The van der Waals surface area contributed by atoms with E-state index < -0.39 is 0 Å². The lowest BCUT2D eigenvalue weighted by Crippen LogP contribution is -2.47. The summed E-state index contributed by atoms with van der Waals surface area (Å²) in [6.07, 6.45) is 1.21. The Hall–Kier alpha value is -4.00. The van der Waals surface area contributed by atoms with Gasteiger partial charge in [-0.05, 0) is 49.2 Å². The third-order valence-corrected chi connectivity index (χ3v) is 6.70. The molecule has 3 aromatic rings. The number of carbonyl (C=O) groups excluding carboxylic acids is 2. The minimum absolute atomic E-state index is 0.0512. The molecule has 1 aliphatic rings. The number of para-hydroxylation sites is 2. The van der Waals surface area contributed by atoms with Crippen molar-refractivity contribution >= 4 is 28.9 Å². The number of benzene rings is 3. The molecule has 1 saturated heterocycles. The molecule has 37 heavy (non-hydrogen) atoms. The number of piperazine rings is 1. The van der Waals surface area contributed by atoms with Crippen molar-refractivity contribution in [2.24, 2.45) is 0 Å². The van der Waals surface area contributed by atoms with Gasteiger partial charge in [-0.25, -0.2) is 0 Å². The molecule has 0 radical (unpaired) electrons. The zero-order valence-corrected chi connectivity index (χ0v) is 21.9. The number of anilines is 3. The predicted octanol–water partition coefficient (Wildman–Crippen LogP) is 5.25. The Morgan fingerprint density at radius 1 is 0.892 bits per heavy atom. The van der Waals surface area contributed by atoms with Gasteiger partial charge in [0.2, 0.25) is 5.91 Å². The second-order valence-electron chi connectivity index (χ2n) is 9.28. The molecule has 0 aliphatic carbocycles. The van der Waals surface area contributed by atoms with Crippen molar-refractivity contribution < 1.29 is 14.3 Å². The van der Waals surface area contributed by atoms with E-state index in [1.807, 2.05) is 74.5 Å². The van der Waals surface area contributed by atoms with Crippen molar-refractivity contribution in [2.75, 3.05) is 48.4 Å². The molecule has 194 valence electrons.